The van der Waals surface area contributed by atoms with Crippen LogP contribution in [0.2, 0.25) is 10.0 Å². The van der Waals surface area contributed by atoms with Gasteiger partial charge in [-0.1, -0.05) is 23.2 Å². The molecule has 2 rings (SSSR count). The Morgan fingerprint density at radius 2 is 1.84 bits per heavy atom. The number of aliphatic carboxylic acids is 1. The van der Waals surface area contributed by atoms with Crippen LogP contribution in [0.3, 0.4) is 0 Å². The van der Waals surface area contributed by atoms with Crippen LogP contribution in [0.1, 0.15) is 5.56 Å². The maximum Gasteiger partial charge on any atom is 0.307 e. The minimum absolute atomic E-state index is 0.247. The van der Waals surface area contributed by atoms with Gasteiger partial charge in [0.15, 0.2) is 0 Å². The zero-order valence-electron chi connectivity index (χ0n) is 9.61. The highest BCUT2D eigenvalue weighted by molar-refractivity contribution is 6.35. The van der Waals surface area contributed by atoms with E-state index in [0.29, 0.717) is 21.2 Å². The predicted molar refractivity (Wildman–Crippen MR) is 73.9 cm³/mol. The monoisotopic (exact) mass is 297 g/mol. The van der Waals surface area contributed by atoms with Crippen LogP contribution in [0.5, 0.6) is 0 Å². The molecule has 0 aliphatic carbocycles. The molecule has 6 heteroatoms. The topological polar surface area (TPSA) is 70.2 Å². The second kappa shape index (κ2) is 5.47. The summed E-state index contributed by atoms with van der Waals surface area (Å²) in [5.41, 5.74) is 0.802. The van der Waals surface area contributed by atoms with Crippen LogP contribution in [0.25, 0.3) is 11.1 Å². The highest BCUT2D eigenvalue weighted by atomic mass is 35.5. The molecular weight excluding hydrogens is 289 g/mol. The molecule has 0 bridgehead atoms. The SMILES string of the molecule is O=C(O)Cc1cc[nH]c(=O)c1-c1cc(Cl)cc(Cl)c1. The summed E-state index contributed by atoms with van der Waals surface area (Å²) < 4.78 is 0. The number of carboxylic acids is 1. The van der Waals surface area contributed by atoms with Crippen LogP contribution in [-0.2, 0) is 11.2 Å². The maximum atomic E-state index is 11.9. The summed E-state index contributed by atoms with van der Waals surface area (Å²) >= 11 is 11.8. The summed E-state index contributed by atoms with van der Waals surface area (Å²) in [5.74, 6) is -1.01. The third-order valence-corrected chi connectivity index (χ3v) is 2.98. The van der Waals surface area contributed by atoms with Crippen molar-refractivity contribution in [1.82, 2.24) is 4.98 Å². The highest BCUT2D eigenvalue weighted by Gasteiger charge is 2.13. The zero-order valence-corrected chi connectivity index (χ0v) is 11.1. The maximum absolute atomic E-state index is 11.9. The predicted octanol–water partition coefficient (Wildman–Crippen LogP) is 2.98. The Morgan fingerprint density at radius 3 is 2.42 bits per heavy atom. The number of H-pyrrole nitrogens is 1. The molecule has 0 atom stereocenters. The van der Waals surface area contributed by atoms with Crippen LogP contribution in [-0.4, -0.2) is 16.1 Å². The van der Waals surface area contributed by atoms with E-state index in [9.17, 15) is 9.59 Å². The Kier molecular flexibility index (Phi) is 3.93. The molecule has 2 aromatic rings. The number of rotatable bonds is 3. The first kappa shape index (κ1) is 13.6. The number of hydrogen-bond acceptors (Lipinski definition) is 2. The quantitative estimate of drug-likeness (QED) is 0.915. The minimum Gasteiger partial charge on any atom is -0.481 e. The van der Waals surface area contributed by atoms with Gasteiger partial charge in [-0.2, -0.15) is 0 Å². The summed E-state index contributed by atoms with van der Waals surface area (Å²) in [7, 11) is 0. The Balaban J connectivity index is 2.66. The summed E-state index contributed by atoms with van der Waals surface area (Å²) in [4.78, 5) is 25.3. The number of nitrogens with one attached hydrogen (secondary N) is 1. The van der Waals surface area contributed by atoms with Gasteiger partial charge in [0.2, 0.25) is 0 Å². The molecule has 0 fully saturated rings. The van der Waals surface area contributed by atoms with Crippen LogP contribution >= 0.6 is 23.2 Å². The second-order valence-corrected chi connectivity index (χ2v) is 4.81. The van der Waals surface area contributed by atoms with E-state index in [-0.39, 0.29) is 17.5 Å². The molecule has 2 N–H and O–H groups in total. The number of carbonyl (C=O) groups is 1. The number of halogens is 2. The molecule has 0 unspecified atom stereocenters. The molecule has 0 saturated heterocycles. The van der Waals surface area contributed by atoms with Crippen molar-refractivity contribution < 1.29 is 9.90 Å². The lowest BCUT2D eigenvalue weighted by atomic mass is 10.00. The number of pyridine rings is 1. The number of hydrogen-bond donors (Lipinski definition) is 2. The first-order chi connectivity index (χ1) is 8.97. The molecular formula is C13H9Cl2NO3. The lowest BCUT2D eigenvalue weighted by Crippen LogP contribution is -2.13. The average Bonchev–Trinajstić information content (AvgIpc) is 2.26. The van der Waals surface area contributed by atoms with Crippen LogP contribution in [0.15, 0.2) is 35.3 Å². The third-order valence-electron chi connectivity index (χ3n) is 2.54. The molecule has 98 valence electrons. The largest absolute Gasteiger partial charge is 0.481 e. The summed E-state index contributed by atoms with van der Waals surface area (Å²) in [6.45, 7) is 0. The fraction of sp³-hybridized carbons (Fsp3) is 0.0769. The first-order valence-corrected chi connectivity index (χ1v) is 6.12. The van der Waals surface area contributed by atoms with Crippen molar-refractivity contribution in [3.05, 3.63) is 56.4 Å². The van der Waals surface area contributed by atoms with E-state index in [1.807, 2.05) is 0 Å². The van der Waals surface area contributed by atoms with Crippen molar-refractivity contribution in [1.29, 1.82) is 0 Å². The molecule has 0 aliphatic heterocycles. The zero-order chi connectivity index (χ0) is 14.0. The molecule has 0 saturated carbocycles. The summed E-state index contributed by atoms with van der Waals surface area (Å²) in [5, 5.41) is 9.64. The van der Waals surface area contributed by atoms with E-state index in [4.69, 9.17) is 28.3 Å². The summed E-state index contributed by atoms with van der Waals surface area (Å²) in [6.07, 6.45) is 1.17. The molecule has 4 nitrogen and oxygen atoms in total. The lowest BCUT2D eigenvalue weighted by Gasteiger charge is -2.07. The minimum atomic E-state index is -1.01. The van der Waals surface area contributed by atoms with E-state index in [0.717, 1.165) is 0 Å². The normalized spacial score (nSPS) is 10.4. The lowest BCUT2D eigenvalue weighted by molar-refractivity contribution is -0.136. The van der Waals surface area contributed by atoms with E-state index in [2.05, 4.69) is 4.98 Å². The van der Waals surface area contributed by atoms with Gasteiger partial charge in [0.05, 0.1) is 12.0 Å². The molecule has 1 aromatic heterocycles. The van der Waals surface area contributed by atoms with Gasteiger partial charge < -0.3 is 10.1 Å². The number of benzene rings is 1. The van der Waals surface area contributed by atoms with Gasteiger partial charge in [-0.15, -0.1) is 0 Å². The Labute approximate surface area is 118 Å². The van der Waals surface area contributed by atoms with Crippen molar-refractivity contribution in [2.24, 2.45) is 0 Å². The Bertz CT molecular complexity index is 674. The third kappa shape index (κ3) is 3.16. The molecule has 0 radical (unpaired) electrons. The molecule has 1 aromatic carbocycles. The Morgan fingerprint density at radius 1 is 1.21 bits per heavy atom. The molecule has 0 spiro atoms. The fourth-order valence-corrected chi connectivity index (χ4v) is 2.37. The van der Waals surface area contributed by atoms with Gasteiger partial charge in [-0.25, -0.2) is 0 Å². The highest BCUT2D eigenvalue weighted by Crippen LogP contribution is 2.27. The molecule has 0 amide bonds. The average molecular weight is 298 g/mol. The van der Waals surface area contributed by atoms with E-state index in [1.165, 1.54) is 6.20 Å². The van der Waals surface area contributed by atoms with Gasteiger partial charge in [0.1, 0.15) is 0 Å². The fourth-order valence-electron chi connectivity index (χ4n) is 1.84. The van der Waals surface area contributed by atoms with E-state index in [1.54, 1.807) is 24.3 Å². The van der Waals surface area contributed by atoms with E-state index < -0.39 is 5.97 Å². The smallest absolute Gasteiger partial charge is 0.307 e. The van der Waals surface area contributed by atoms with Crippen molar-refractivity contribution in [2.75, 3.05) is 0 Å². The van der Waals surface area contributed by atoms with Crippen molar-refractivity contribution in [3.8, 4) is 11.1 Å². The molecule has 19 heavy (non-hydrogen) atoms. The van der Waals surface area contributed by atoms with Crippen LogP contribution in [0.4, 0.5) is 0 Å². The van der Waals surface area contributed by atoms with Crippen molar-refractivity contribution in [3.63, 3.8) is 0 Å². The van der Waals surface area contributed by atoms with Gasteiger partial charge in [-0.05, 0) is 35.4 Å². The summed E-state index contributed by atoms with van der Waals surface area (Å²) in [6, 6.07) is 6.24. The standard InChI is InChI=1S/C13H9Cl2NO3/c14-9-3-8(4-10(15)6-9)12-7(5-11(17)18)1-2-16-13(12)19/h1-4,6H,5H2,(H,16,19)(H,17,18). The van der Waals surface area contributed by atoms with Gasteiger partial charge in [0, 0.05) is 16.2 Å². The van der Waals surface area contributed by atoms with Crippen LogP contribution < -0.4 is 5.56 Å². The molecule has 0 aliphatic rings. The second-order valence-electron chi connectivity index (χ2n) is 3.94. The van der Waals surface area contributed by atoms with Crippen LogP contribution in [0, 0.1) is 0 Å². The van der Waals surface area contributed by atoms with Gasteiger partial charge in [-0.3, -0.25) is 9.59 Å². The molecule has 1 heterocycles. The first-order valence-electron chi connectivity index (χ1n) is 5.36. The van der Waals surface area contributed by atoms with Crippen molar-refractivity contribution >= 4 is 29.2 Å². The Hall–Kier alpha value is -1.78. The van der Waals surface area contributed by atoms with Gasteiger partial charge in [0.25, 0.3) is 5.56 Å². The number of aromatic amines is 1. The van der Waals surface area contributed by atoms with Gasteiger partial charge >= 0.3 is 5.97 Å². The number of carboxylic acid groups (broad SMARTS) is 1. The van der Waals surface area contributed by atoms with E-state index >= 15 is 0 Å². The number of aromatic nitrogens is 1. The van der Waals surface area contributed by atoms with Crippen molar-refractivity contribution in [2.45, 2.75) is 6.42 Å².